The Bertz CT molecular complexity index is 586. The molecule has 6 nitrogen and oxygen atoms in total. The Labute approximate surface area is 126 Å². The van der Waals surface area contributed by atoms with Crippen LogP contribution in [0.1, 0.15) is 24.8 Å². The maximum Gasteiger partial charge on any atom is 0.214 e. The van der Waals surface area contributed by atoms with Crippen molar-refractivity contribution in [3.63, 3.8) is 0 Å². The topological polar surface area (TPSA) is 86.5 Å². The summed E-state index contributed by atoms with van der Waals surface area (Å²) in [6, 6.07) is 6.29. The Morgan fingerprint density at radius 1 is 1.48 bits per heavy atom. The third-order valence-corrected chi connectivity index (χ3v) is 3.94. The van der Waals surface area contributed by atoms with E-state index < -0.39 is 34.6 Å². The standard InChI is InChI=1S/C14H14ClNO5/c1-9(17)14(13(18)6-7-21-14)12(8-16(19)20)10-2-4-11(15)5-3-10/h2-5,12H,6-8H2,1H3/t12-,14+/m0/s1. The minimum Gasteiger partial charge on any atom is -0.358 e. The van der Waals surface area contributed by atoms with Gasteiger partial charge >= 0.3 is 0 Å². The number of hydrogen-bond acceptors (Lipinski definition) is 5. The largest absolute Gasteiger partial charge is 0.358 e. The molecule has 0 bridgehead atoms. The molecule has 0 spiro atoms. The van der Waals surface area contributed by atoms with Gasteiger partial charge in [0, 0.05) is 16.4 Å². The Hall–Kier alpha value is -1.79. The van der Waals surface area contributed by atoms with Gasteiger partial charge in [-0.25, -0.2) is 0 Å². The van der Waals surface area contributed by atoms with Gasteiger partial charge in [0.25, 0.3) is 0 Å². The van der Waals surface area contributed by atoms with Gasteiger partial charge in [-0.05, 0) is 24.6 Å². The summed E-state index contributed by atoms with van der Waals surface area (Å²) in [4.78, 5) is 34.7. The number of nitro groups is 1. The van der Waals surface area contributed by atoms with Crippen LogP contribution >= 0.6 is 11.6 Å². The second kappa shape index (κ2) is 5.91. The predicted octanol–water partition coefficient (Wildman–Crippen LogP) is 2.02. The molecular weight excluding hydrogens is 298 g/mol. The highest BCUT2D eigenvalue weighted by Crippen LogP contribution is 2.38. The molecule has 1 saturated heterocycles. The van der Waals surface area contributed by atoms with Gasteiger partial charge in [0.2, 0.25) is 6.54 Å². The number of rotatable bonds is 5. The first kappa shape index (κ1) is 15.6. The van der Waals surface area contributed by atoms with E-state index in [0.717, 1.165) is 0 Å². The lowest BCUT2D eigenvalue weighted by molar-refractivity contribution is -0.486. The molecule has 1 aromatic carbocycles. The minimum atomic E-state index is -1.76. The number of nitrogens with zero attached hydrogens (tertiary/aromatic N) is 1. The quantitative estimate of drug-likeness (QED) is 0.471. The highest BCUT2D eigenvalue weighted by molar-refractivity contribution is 6.30. The first-order chi connectivity index (χ1) is 9.87. The van der Waals surface area contributed by atoms with Crippen molar-refractivity contribution in [2.75, 3.05) is 13.2 Å². The molecule has 1 aliphatic heterocycles. The van der Waals surface area contributed by atoms with Crippen LogP contribution in [-0.4, -0.2) is 35.2 Å². The molecule has 0 aliphatic carbocycles. The molecule has 7 heteroatoms. The van der Waals surface area contributed by atoms with Crippen molar-refractivity contribution in [2.45, 2.75) is 24.9 Å². The average molecular weight is 312 g/mol. The zero-order valence-corrected chi connectivity index (χ0v) is 12.1. The van der Waals surface area contributed by atoms with Gasteiger partial charge in [-0.1, -0.05) is 23.7 Å². The minimum absolute atomic E-state index is 0.0847. The van der Waals surface area contributed by atoms with Gasteiger partial charge in [-0.3, -0.25) is 19.7 Å². The zero-order chi connectivity index (χ0) is 15.6. The van der Waals surface area contributed by atoms with Gasteiger partial charge < -0.3 is 4.74 Å². The number of ether oxygens (including phenoxy) is 1. The second-order valence-electron chi connectivity index (χ2n) is 4.93. The fourth-order valence-electron chi connectivity index (χ4n) is 2.72. The molecule has 1 heterocycles. The van der Waals surface area contributed by atoms with E-state index in [1.54, 1.807) is 24.3 Å². The molecule has 0 N–H and O–H groups in total. The highest BCUT2D eigenvalue weighted by atomic mass is 35.5. The van der Waals surface area contributed by atoms with E-state index in [1.807, 2.05) is 0 Å². The molecule has 2 atom stereocenters. The molecule has 0 radical (unpaired) electrons. The van der Waals surface area contributed by atoms with E-state index in [1.165, 1.54) is 6.92 Å². The number of carbonyl (C=O) groups excluding carboxylic acids is 2. The highest BCUT2D eigenvalue weighted by Gasteiger charge is 2.56. The number of ketones is 2. The lowest BCUT2D eigenvalue weighted by Crippen LogP contribution is -2.50. The molecule has 21 heavy (non-hydrogen) atoms. The monoisotopic (exact) mass is 311 g/mol. The van der Waals surface area contributed by atoms with Gasteiger partial charge in [-0.15, -0.1) is 0 Å². The van der Waals surface area contributed by atoms with E-state index in [9.17, 15) is 19.7 Å². The van der Waals surface area contributed by atoms with Crippen LogP contribution in [0.4, 0.5) is 0 Å². The molecule has 112 valence electrons. The van der Waals surface area contributed by atoms with Crippen molar-refractivity contribution in [2.24, 2.45) is 0 Å². The van der Waals surface area contributed by atoms with E-state index in [2.05, 4.69) is 0 Å². The first-order valence-electron chi connectivity index (χ1n) is 6.43. The summed E-state index contributed by atoms with van der Waals surface area (Å²) in [5, 5.41) is 11.4. The number of benzene rings is 1. The summed E-state index contributed by atoms with van der Waals surface area (Å²) in [6.07, 6.45) is 0.0847. The third kappa shape index (κ3) is 2.82. The van der Waals surface area contributed by atoms with E-state index in [0.29, 0.717) is 10.6 Å². The Balaban J connectivity index is 2.52. The van der Waals surface area contributed by atoms with Gasteiger partial charge in [-0.2, -0.15) is 0 Å². The van der Waals surface area contributed by atoms with Crippen molar-refractivity contribution < 1.29 is 19.2 Å². The van der Waals surface area contributed by atoms with E-state index in [4.69, 9.17) is 16.3 Å². The third-order valence-electron chi connectivity index (χ3n) is 3.69. The lowest BCUT2D eigenvalue weighted by Gasteiger charge is -2.30. The Morgan fingerprint density at radius 2 is 2.10 bits per heavy atom. The van der Waals surface area contributed by atoms with E-state index >= 15 is 0 Å². The fourth-order valence-corrected chi connectivity index (χ4v) is 2.85. The summed E-state index contributed by atoms with van der Waals surface area (Å²) < 4.78 is 5.43. The van der Waals surface area contributed by atoms with E-state index in [-0.39, 0.29) is 13.0 Å². The van der Waals surface area contributed by atoms with Crippen LogP contribution in [0, 0.1) is 10.1 Å². The predicted molar refractivity (Wildman–Crippen MR) is 75.0 cm³/mol. The Kier molecular flexibility index (Phi) is 4.39. The fraction of sp³-hybridized carbons (Fsp3) is 0.429. The van der Waals surface area contributed by atoms with Crippen molar-refractivity contribution in [1.82, 2.24) is 0 Å². The summed E-state index contributed by atoms with van der Waals surface area (Å²) in [7, 11) is 0. The van der Waals surface area contributed by atoms with Gasteiger partial charge in [0.05, 0.1) is 12.5 Å². The molecular formula is C14H14ClNO5. The molecule has 0 unspecified atom stereocenters. The SMILES string of the molecule is CC(=O)[C@]1([C@@H](C[N+](=O)[O-])c2ccc(Cl)cc2)OCCC1=O. The smallest absolute Gasteiger partial charge is 0.214 e. The maximum absolute atomic E-state index is 12.2. The molecule has 0 aromatic heterocycles. The van der Waals surface area contributed by atoms with Crippen molar-refractivity contribution in [1.29, 1.82) is 0 Å². The second-order valence-corrected chi connectivity index (χ2v) is 5.37. The molecule has 0 saturated carbocycles. The average Bonchev–Trinajstić information content (AvgIpc) is 2.80. The van der Waals surface area contributed by atoms with Crippen LogP contribution in [0.3, 0.4) is 0 Å². The number of hydrogen-bond donors (Lipinski definition) is 0. The van der Waals surface area contributed by atoms with Crippen LogP contribution in [0.2, 0.25) is 5.02 Å². The molecule has 0 amide bonds. The van der Waals surface area contributed by atoms with Crippen LogP contribution in [-0.2, 0) is 14.3 Å². The molecule has 1 aliphatic rings. The molecule has 1 fully saturated rings. The van der Waals surface area contributed by atoms with Crippen molar-refractivity contribution >= 4 is 23.2 Å². The summed E-state index contributed by atoms with van der Waals surface area (Å²) in [6.45, 7) is 0.763. The number of carbonyl (C=O) groups is 2. The number of halogens is 1. The zero-order valence-electron chi connectivity index (χ0n) is 11.4. The summed E-state index contributed by atoms with van der Waals surface area (Å²) >= 11 is 5.81. The Morgan fingerprint density at radius 3 is 2.52 bits per heavy atom. The maximum atomic E-state index is 12.2. The van der Waals surface area contributed by atoms with Crippen LogP contribution < -0.4 is 0 Å². The molecule has 1 aromatic rings. The number of Topliss-reactive ketones (excluding diaryl/α,β-unsaturated/α-hetero) is 2. The van der Waals surface area contributed by atoms with Gasteiger partial charge in [0.15, 0.2) is 17.2 Å². The first-order valence-corrected chi connectivity index (χ1v) is 6.81. The summed E-state index contributed by atoms with van der Waals surface area (Å²) in [5.74, 6) is -1.87. The summed E-state index contributed by atoms with van der Waals surface area (Å²) in [5.41, 5.74) is -1.28. The van der Waals surface area contributed by atoms with Crippen LogP contribution in [0.15, 0.2) is 24.3 Å². The lowest BCUT2D eigenvalue weighted by atomic mass is 9.77. The van der Waals surface area contributed by atoms with Crippen molar-refractivity contribution in [3.8, 4) is 0 Å². The van der Waals surface area contributed by atoms with Gasteiger partial charge in [0.1, 0.15) is 0 Å². The normalized spacial score (nSPS) is 23.0. The molecule has 2 rings (SSSR count). The van der Waals surface area contributed by atoms with Crippen LogP contribution in [0.25, 0.3) is 0 Å². The van der Waals surface area contributed by atoms with Crippen LogP contribution in [0.5, 0.6) is 0 Å². The van der Waals surface area contributed by atoms with Crippen molar-refractivity contribution in [3.05, 3.63) is 45.0 Å².